The van der Waals surface area contributed by atoms with Gasteiger partial charge in [-0.15, -0.1) is 12.4 Å². The molecule has 9 nitrogen and oxygen atoms in total. The van der Waals surface area contributed by atoms with Gasteiger partial charge in [0.2, 0.25) is 0 Å². The molecule has 6 N–H and O–H groups in total. The molecule has 2 aromatic carbocycles. The van der Waals surface area contributed by atoms with Crippen molar-refractivity contribution >= 4 is 35.6 Å². The van der Waals surface area contributed by atoms with E-state index in [1.54, 1.807) is 18.2 Å². The van der Waals surface area contributed by atoms with Gasteiger partial charge in [-0.3, -0.25) is 19.6 Å². The molecule has 0 radical (unpaired) electrons. The lowest BCUT2D eigenvalue weighted by Crippen LogP contribution is -2.21. The van der Waals surface area contributed by atoms with Crippen LogP contribution in [0, 0.1) is 39.5 Å². The Kier molecular flexibility index (Phi) is 13.6. The average Bonchev–Trinajstić information content (AvgIpc) is 3.10. The van der Waals surface area contributed by atoms with Crippen molar-refractivity contribution in [3.05, 3.63) is 123 Å². The molecule has 3 heterocycles. The van der Waals surface area contributed by atoms with Crippen molar-refractivity contribution in [3.8, 4) is 22.3 Å². The van der Waals surface area contributed by atoms with Crippen molar-refractivity contribution in [3.63, 3.8) is 0 Å². The molecule has 0 atom stereocenters. The summed E-state index contributed by atoms with van der Waals surface area (Å²) in [6.07, 6.45) is 1.51. The van der Waals surface area contributed by atoms with E-state index in [9.17, 15) is 9.59 Å². The maximum absolute atomic E-state index is 13.9. The molecule has 0 aliphatic heterocycles. The first-order chi connectivity index (χ1) is 24.8. The van der Waals surface area contributed by atoms with E-state index >= 15 is 0 Å². The molecule has 0 unspecified atom stereocenters. The number of nitrogens with one attached hydrogen (secondary N) is 2. The van der Waals surface area contributed by atoms with E-state index in [0.29, 0.717) is 34.6 Å². The van der Waals surface area contributed by atoms with Gasteiger partial charge in [0.1, 0.15) is 11.4 Å². The summed E-state index contributed by atoms with van der Waals surface area (Å²) in [5.74, 6) is -0.189. The molecule has 53 heavy (non-hydrogen) atoms. The molecule has 0 aliphatic carbocycles. The lowest BCUT2D eigenvalue weighted by molar-refractivity contribution is 0.101. The van der Waals surface area contributed by atoms with E-state index in [-0.39, 0.29) is 36.9 Å². The number of anilines is 2. The predicted molar refractivity (Wildman–Crippen MR) is 219 cm³/mol. The fourth-order valence-corrected chi connectivity index (χ4v) is 6.58. The molecule has 0 aliphatic rings. The Morgan fingerprint density at radius 3 is 1.26 bits per heavy atom. The fraction of sp³-hybridized carbons (Fsp3) is 0.326. The highest BCUT2D eigenvalue weighted by Crippen LogP contribution is 2.38. The van der Waals surface area contributed by atoms with Gasteiger partial charge in [-0.2, -0.15) is 0 Å². The number of aryl methyl sites for hydroxylation is 4. The van der Waals surface area contributed by atoms with Crippen LogP contribution in [-0.2, 0) is 25.9 Å². The summed E-state index contributed by atoms with van der Waals surface area (Å²) < 4.78 is 0. The zero-order chi connectivity index (χ0) is 37.7. The highest BCUT2D eigenvalue weighted by molar-refractivity contribution is 6.09. The molecule has 10 heteroatoms. The van der Waals surface area contributed by atoms with Gasteiger partial charge < -0.3 is 22.1 Å². The molecule has 5 aromatic rings. The molecule has 3 aromatic heterocycles. The third-order valence-electron chi connectivity index (χ3n) is 9.11. The smallest absolute Gasteiger partial charge is 0.274 e. The molecule has 0 saturated carbocycles. The number of nitrogens with two attached hydrogens (primary N) is 2. The summed E-state index contributed by atoms with van der Waals surface area (Å²) in [5.41, 5.74) is 24.8. The van der Waals surface area contributed by atoms with Crippen LogP contribution in [0.25, 0.3) is 22.3 Å². The summed E-state index contributed by atoms with van der Waals surface area (Å²) in [5, 5.41) is 6.17. The Morgan fingerprint density at radius 1 is 0.585 bits per heavy atom. The average molecular weight is 734 g/mol. The molecule has 0 spiro atoms. The van der Waals surface area contributed by atoms with E-state index in [1.165, 1.54) is 0 Å². The van der Waals surface area contributed by atoms with Crippen LogP contribution < -0.4 is 22.1 Å². The van der Waals surface area contributed by atoms with Crippen LogP contribution in [0.5, 0.6) is 0 Å². The number of halogens is 1. The lowest BCUT2D eigenvalue weighted by atomic mass is 9.92. The van der Waals surface area contributed by atoms with Crippen molar-refractivity contribution in [2.45, 2.75) is 81.3 Å². The second kappa shape index (κ2) is 17.7. The van der Waals surface area contributed by atoms with E-state index in [0.717, 1.165) is 68.7 Å². The van der Waals surface area contributed by atoms with Crippen LogP contribution >= 0.6 is 12.4 Å². The minimum atomic E-state index is -0.464. The minimum Gasteiger partial charge on any atom is -0.326 e. The maximum atomic E-state index is 13.9. The maximum Gasteiger partial charge on any atom is 0.274 e. The second-order valence-electron chi connectivity index (χ2n) is 14.4. The van der Waals surface area contributed by atoms with E-state index in [2.05, 4.69) is 43.3 Å². The molecule has 0 fully saturated rings. The van der Waals surface area contributed by atoms with Gasteiger partial charge >= 0.3 is 0 Å². The van der Waals surface area contributed by atoms with E-state index in [4.69, 9.17) is 21.4 Å². The standard InChI is InChI=1S/C43H51N7O2.ClH/c1-24(2)20-36-32(22-44)38(30-16-12-26(5)13-17-30)40(28(7)46-36)49-42(51)34-10-9-11-35(48-34)43(52)50-41-29(8)47-37(21-25(3)4)33(23-45)39(41)31-18-14-27(6)15-19-31;/h9-19,24-25H,20-23,44-45H2,1-8H3,(H,49,51)(H,50,52);1H. The van der Waals surface area contributed by atoms with Crippen molar-refractivity contribution in [2.75, 3.05) is 10.6 Å². The number of pyridine rings is 3. The van der Waals surface area contributed by atoms with Gasteiger partial charge in [-0.1, -0.05) is 93.4 Å². The number of rotatable bonds is 12. The number of carbonyl (C=O) groups excluding carboxylic acids is 2. The zero-order valence-corrected chi connectivity index (χ0v) is 32.9. The zero-order valence-electron chi connectivity index (χ0n) is 32.1. The van der Waals surface area contributed by atoms with Gasteiger partial charge in [0, 0.05) is 35.6 Å². The molecule has 5 rings (SSSR count). The molecule has 0 bridgehead atoms. The molecule has 0 saturated heterocycles. The van der Waals surface area contributed by atoms with Crippen LogP contribution in [0.3, 0.4) is 0 Å². The van der Waals surface area contributed by atoms with Crippen molar-refractivity contribution < 1.29 is 9.59 Å². The second-order valence-corrected chi connectivity index (χ2v) is 14.4. The summed E-state index contributed by atoms with van der Waals surface area (Å²) in [6, 6.07) is 21.1. The van der Waals surface area contributed by atoms with Crippen LogP contribution in [0.1, 0.15) is 93.7 Å². The van der Waals surface area contributed by atoms with Crippen molar-refractivity contribution in [2.24, 2.45) is 23.3 Å². The van der Waals surface area contributed by atoms with Gasteiger partial charge in [-0.25, -0.2) is 4.98 Å². The number of carbonyl (C=O) groups is 2. The number of amides is 2. The lowest BCUT2D eigenvalue weighted by Gasteiger charge is -2.22. The summed E-state index contributed by atoms with van der Waals surface area (Å²) in [6.45, 7) is 17.0. The SMILES string of the molecule is Cc1ccc(-c2c(CN)c(CC(C)C)nc(C)c2NC(=O)c2cccc(C(=O)Nc3c(C)nc(CC(C)C)c(CN)c3-c3ccc(C)cc3)n2)cc1.Cl. The van der Waals surface area contributed by atoms with Crippen LogP contribution in [0.2, 0.25) is 0 Å². The number of benzene rings is 2. The van der Waals surface area contributed by atoms with Gasteiger partial charge in [0.05, 0.1) is 22.8 Å². The summed E-state index contributed by atoms with van der Waals surface area (Å²) >= 11 is 0. The fourth-order valence-electron chi connectivity index (χ4n) is 6.58. The number of hydrogen-bond donors (Lipinski definition) is 4. The Bertz CT molecular complexity index is 1950. The van der Waals surface area contributed by atoms with Crippen molar-refractivity contribution in [1.82, 2.24) is 15.0 Å². The predicted octanol–water partition coefficient (Wildman–Crippen LogP) is 8.68. The first-order valence-corrected chi connectivity index (χ1v) is 18.0. The van der Waals surface area contributed by atoms with Crippen LogP contribution in [0.15, 0.2) is 66.7 Å². The highest BCUT2D eigenvalue weighted by atomic mass is 35.5. The molecular formula is C43H52ClN7O2. The Hall–Kier alpha value is -4.96. The Labute approximate surface area is 319 Å². The van der Waals surface area contributed by atoms with Crippen molar-refractivity contribution in [1.29, 1.82) is 0 Å². The summed E-state index contributed by atoms with van der Waals surface area (Å²) in [4.78, 5) is 42.2. The quantitative estimate of drug-likeness (QED) is 0.100. The topological polar surface area (TPSA) is 149 Å². The largest absolute Gasteiger partial charge is 0.326 e. The first-order valence-electron chi connectivity index (χ1n) is 18.0. The third-order valence-corrected chi connectivity index (χ3v) is 9.11. The van der Waals surface area contributed by atoms with Gasteiger partial charge in [0.25, 0.3) is 11.8 Å². The third kappa shape index (κ3) is 9.35. The number of aromatic nitrogens is 3. The van der Waals surface area contributed by atoms with E-state index in [1.807, 2.05) is 76.2 Å². The van der Waals surface area contributed by atoms with Crippen LogP contribution in [0.4, 0.5) is 11.4 Å². The molecule has 2 amide bonds. The molecule has 278 valence electrons. The summed E-state index contributed by atoms with van der Waals surface area (Å²) in [7, 11) is 0. The first kappa shape index (κ1) is 40.8. The van der Waals surface area contributed by atoms with E-state index < -0.39 is 11.8 Å². The van der Waals surface area contributed by atoms with Gasteiger partial charge in [-0.05, 0) is 86.8 Å². The number of hydrogen-bond acceptors (Lipinski definition) is 7. The normalized spacial score (nSPS) is 11.1. The van der Waals surface area contributed by atoms with Crippen LogP contribution in [-0.4, -0.2) is 26.8 Å². The minimum absolute atomic E-state index is 0. The number of nitrogens with zero attached hydrogens (tertiary/aromatic N) is 3. The van der Waals surface area contributed by atoms with Gasteiger partial charge in [0.15, 0.2) is 0 Å². The monoisotopic (exact) mass is 733 g/mol. The Morgan fingerprint density at radius 2 is 0.943 bits per heavy atom. The molecular weight excluding hydrogens is 682 g/mol. The highest BCUT2D eigenvalue weighted by Gasteiger charge is 2.24. The Balaban J connectivity index is 0.00000627.